The van der Waals surface area contributed by atoms with Crippen LogP contribution in [0.5, 0.6) is 0 Å². The molecule has 0 aromatic heterocycles. The van der Waals surface area contributed by atoms with Gasteiger partial charge in [-0.05, 0) is 12.8 Å². The SMILES string of the molecule is [CH]=C/C=C/C=C/C=C/C=C/C=C/C=C/CCCCCCCCCCCC. The van der Waals surface area contributed by atoms with Crippen LogP contribution in [0.25, 0.3) is 0 Å². The lowest BCUT2D eigenvalue weighted by molar-refractivity contribution is 0.557. The Balaban J connectivity index is 3.44. The van der Waals surface area contributed by atoms with E-state index in [0.717, 1.165) is 0 Å². The Morgan fingerprint density at radius 1 is 0.462 bits per heavy atom. The second kappa shape index (κ2) is 23.2. The smallest absolute Gasteiger partial charge is 0.0348 e. The Hall–Kier alpha value is -1.82. The van der Waals surface area contributed by atoms with Gasteiger partial charge < -0.3 is 0 Å². The highest BCUT2D eigenvalue weighted by molar-refractivity contribution is 5.20. The van der Waals surface area contributed by atoms with E-state index < -0.39 is 0 Å². The van der Waals surface area contributed by atoms with E-state index in [0.29, 0.717) is 0 Å². The van der Waals surface area contributed by atoms with Gasteiger partial charge in [-0.3, -0.25) is 0 Å². The molecule has 0 atom stereocenters. The van der Waals surface area contributed by atoms with Gasteiger partial charge in [0.15, 0.2) is 0 Å². The third-order valence-corrected chi connectivity index (χ3v) is 4.08. The standard InChI is InChI=1S/C26H39/c1-3-5-7-9-11-13-15-17-19-21-23-25-26-24-22-20-18-16-14-12-10-8-6-4-2/h1,3,5,7,9,11,13,15,17,19,21,23,25-26H,4,6,8,10,12,14,16,18,20,22,24H2,2H3/b3-1?,7-5+,11-9+,15-13+,19-17+,23-21+,26-25+. The first-order valence-corrected chi connectivity index (χ1v) is 10.4. The van der Waals surface area contributed by atoms with E-state index in [2.05, 4.69) is 31.2 Å². The van der Waals surface area contributed by atoms with Crippen LogP contribution < -0.4 is 0 Å². The second-order valence-corrected chi connectivity index (χ2v) is 6.52. The minimum absolute atomic E-state index is 1.20. The molecule has 1 radical (unpaired) electrons. The molecular weight excluding hydrogens is 312 g/mol. The molecule has 0 N–H and O–H groups in total. The summed E-state index contributed by atoms with van der Waals surface area (Å²) in [6.07, 6.45) is 41.0. The monoisotopic (exact) mass is 351 g/mol. The summed E-state index contributed by atoms with van der Waals surface area (Å²) in [5, 5.41) is 0. The van der Waals surface area contributed by atoms with Crippen molar-refractivity contribution in [3.05, 3.63) is 85.6 Å². The summed E-state index contributed by atoms with van der Waals surface area (Å²) < 4.78 is 0. The molecule has 0 heterocycles. The molecule has 0 aliphatic heterocycles. The molecule has 0 heteroatoms. The fourth-order valence-corrected chi connectivity index (χ4v) is 2.57. The summed E-state index contributed by atoms with van der Waals surface area (Å²) in [6, 6.07) is 0. The van der Waals surface area contributed by atoms with Gasteiger partial charge in [0.05, 0.1) is 0 Å². The molecule has 0 rings (SSSR count). The highest BCUT2D eigenvalue weighted by atomic mass is 14.0. The minimum atomic E-state index is 1.20. The van der Waals surface area contributed by atoms with Crippen LogP contribution in [0.1, 0.15) is 77.6 Å². The van der Waals surface area contributed by atoms with Gasteiger partial charge in [-0.15, -0.1) is 0 Å². The van der Waals surface area contributed by atoms with E-state index in [4.69, 9.17) is 6.58 Å². The second-order valence-electron chi connectivity index (χ2n) is 6.52. The van der Waals surface area contributed by atoms with Crippen molar-refractivity contribution < 1.29 is 0 Å². The lowest BCUT2D eigenvalue weighted by Crippen LogP contribution is -1.81. The van der Waals surface area contributed by atoms with Gasteiger partial charge in [-0.25, -0.2) is 0 Å². The predicted octanol–water partition coefficient (Wildman–Crippen LogP) is 8.62. The zero-order chi connectivity index (χ0) is 19.0. The van der Waals surface area contributed by atoms with Gasteiger partial charge in [0.2, 0.25) is 0 Å². The third kappa shape index (κ3) is 22.2. The zero-order valence-electron chi connectivity index (χ0n) is 16.9. The van der Waals surface area contributed by atoms with E-state index >= 15 is 0 Å². The number of unbranched alkanes of at least 4 members (excludes halogenated alkanes) is 10. The molecule has 0 amide bonds. The summed E-state index contributed by atoms with van der Waals surface area (Å²) in [5.41, 5.74) is 0. The molecule has 0 spiro atoms. The Kier molecular flexibility index (Phi) is 21.6. The van der Waals surface area contributed by atoms with Crippen molar-refractivity contribution in [1.82, 2.24) is 0 Å². The summed E-state index contributed by atoms with van der Waals surface area (Å²) in [7, 11) is 0. The van der Waals surface area contributed by atoms with Crippen molar-refractivity contribution in [2.45, 2.75) is 77.6 Å². The molecule has 0 saturated heterocycles. The van der Waals surface area contributed by atoms with Crippen molar-refractivity contribution >= 4 is 0 Å². The molecule has 0 aromatic carbocycles. The maximum Gasteiger partial charge on any atom is -0.0348 e. The van der Waals surface area contributed by atoms with Gasteiger partial charge in [0.25, 0.3) is 0 Å². The lowest BCUT2D eigenvalue weighted by atomic mass is 10.1. The quantitative estimate of drug-likeness (QED) is 0.182. The van der Waals surface area contributed by atoms with E-state index in [9.17, 15) is 0 Å². The fourth-order valence-electron chi connectivity index (χ4n) is 2.57. The van der Waals surface area contributed by atoms with Crippen LogP contribution in [0.3, 0.4) is 0 Å². The van der Waals surface area contributed by atoms with Gasteiger partial charge in [-0.1, -0.05) is 150 Å². The zero-order valence-corrected chi connectivity index (χ0v) is 16.9. The minimum Gasteiger partial charge on any atom is -0.0845 e. The lowest BCUT2D eigenvalue weighted by Gasteiger charge is -2.01. The average Bonchev–Trinajstić information content (AvgIpc) is 2.66. The summed E-state index contributed by atoms with van der Waals surface area (Å²) >= 11 is 0. The van der Waals surface area contributed by atoms with Gasteiger partial charge >= 0.3 is 0 Å². The maximum absolute atomic E-state index is 5.23. The summed E-state index contributed by atoms with van der Waals surface area (Å²) in [6.45, 7) is 7.51. The van der Waals surface area contributed by atoms with E-state index in [1.54, 1.807) is 6.08 Å². The van der Waals surface area contributed by atoms with Crippen molar-refractivity contribution in [2.75, 3.05) is 0 Å². The van der Waals surface area contributed by atoms with E-state index in [1.807, 2.05) is 42.5 Å². The molecule has 0 aromatic rings. The predicted molar refractivity (Wildman–Crippen MR) is 120 cm³/mol. The molecule has 0 bridgehead atoms. The van der Waals surface area contributed by atoms with Crippen LogP contribution in [-0.4, -0.2) is 0 Å². The highest BCUT2D eigenvalue weighted by Gasteiger charge is 1.91. The van der Waals surface area contributed by atoms with Crippen LogP contribution in [0, 0.1) is 6.58 Å². The van der Waals surface area contributed by atoms with Crippen LogP contribution in [0.4, 0.5) is 0 Å². The largest absolute Gasteiger partial charge is 0.0845 e. The number of rotatable bonds is 17. The van der Waals surface area contributed by atoms with Crippen LogP contribution in [-0.2, 0) is 0 Å². The Morgan fingerprint density at radius 2 is 0.846 bits per heavy atom. The van der Waals surface area contributed by atoms with Crippen molar-refractivity contribution in [3.63, 3.8) is 0 Å². The first-order valence-electron chi connectivity index (χ1n) is 10.4. The molecular formula is C26H39. The normalized spacial score (nSPS) is 13.0. The van der Waals surface area contributed by atoms with Crippen molar-refractivity contribution in [2.24, 2.45) is 0 Å². The van der Waals surface area contributed by atoms with E-state index in [-0.39, 0.29) is 0 Å². The Morgan fingerprint density at radius 3 is 1.31 bits per heavy atom. The molecule has 0 aliphatic carbocycles. The molecule has 0 nitrogen and oxygen atoms in total. The molecule has 0 saturated carbocycles. The fraction of sp³-hybridized carbons (Fsp3) is 0.462. The first kappa shape index (κ1) is 24.2. The maximum atomic E-state index is 5.23. The summed E-state index contributed by atoms with van der Waals surface area (Å²) in [5.74, 6) is 0. The highest BCUT2D eigenvalue weighted by Crippen LogP contribution is 2.11. The molecule has 26 heavy (non-hydrogen) atoms. The van der Waals surface area contributed by atoms with Gasteiger partial charge in [-0.2, -0.15) is 0 Å². The Labute approximate surface area is 163 Å². The number of hydrogen-bond acceptors (Lipinski definition) is 0. The number of hydrogen-bond donors (Lipinski definition) is 0. The third-order valence-electron chi connectivity index (χ3n) is 4.08. The van der Waals surface area contributed by atoms with E-state index in [1.165, 1.54) is 76.7 Å². The first-order chi connectivity index (χ1) is 12.9. The van der Waals surface area contributed by atoms with Crippen molar-refractivity contribution in [1.29, 1.82) is 0 Å². The van der Waals surface area contributed by atoms with Crippen LogP contribution in [0.2, 0.25) is 0 Å². The molecule has 0 fully saturated rings. The molecule has 0 unspecified atom stereocenters. The van der Waals surface area contributed by atoms with Gasteiger partial charge in [0.1, 0.15) is 0 Å². The summed E-state index contributed by atoms with van der Waals surface area (Å²) in [4.78, 5) is 0. The van der Waals surface area contributed by atoms with Crippen molar-refractivity contribution in [3.8, 4) is 0 Å². The average molecular weight is 352 g/mol. The molecule has 143 valence electrons. The van der Waals surface area contributed by atoms with Gasteiger partial charge in [0, 0.05) is 0 Å². The topological polar surface area (TPSA) is 0 Å². The molecule has 0 aliphatic rings. The number of allylic oxidation sites excluding steroid dienone is 13. The van der Waals surface area contributed by atoms with Crippen LogP contribution >= 0.6 is 0 Å². The Bertz CT molecular complexity index is 454. The van der Waals surface area contributed by atoms with Crippen LogP contribution in [0.15, 0.2) is 79.0 Å².